The van der Waals surface area contributed by atoms with E-state index in [9.17, 15) is 14.4 Å². The first kappa shape index (κ1) is 18.0. The van der Waals surface area contributed by atoms with Gasteiger partial charge >= 0.3 is 11.9 Å². The lowest BCUT2D eigenvalue weighted by molar-refractivity contribution is -0.426. The highest BCUT2D eigenvalue weighted by atomic mass is 32.2. The SMILES string of the molecule is CC(C)CN1C(=O)C2SC=CC2=[N+](CC(=O)N2CCc3ccccc32)C1=O. The van der Waals surface area contributed by atoms with Gasteiger partial charge in [-0.15, -0.1) is 11.8 Å². The Morgan fingerprint density at radius 3 is 2.85 bits per heavy atom. The highest BCUT2D eigenvalue weighted by Crippen LogP contribution is 2.30. The Hall–Kier alpha value is -2.41. The highest BCUT2D eigenvalue weighted by molar-refractivity contribution is 8.04. The molecule has 1 unspecified atom stereocenters. The van der Waals surface area contributed by atoms with E-state index in [1.165, 1.54) is 21.2 Å². The standard InChI is InChI=1S/C20H22N3O3S/c1-13(2)11-23-19(25)18-16(8-10-27-18)22(20(23)26)12-17(24)21-9-7-14-5-3-4-6-15(14)21/h3-6,8,10,13,18H,7,9,11-12H2,1-2H3/q+1. The number of carbonyl (C=O) groups excluding carboxylic acids is 3. The van der Waals surface area contributed by atoms with Crippen molar-refractivity contribution in [3.8, 4) is 0 Å². The third kappa shape index (κ3) is 3.10. The van der Waals surface area contributed by atoms with Gasteiger partial charge in [0.25, 0.3) is 5.91 Å². The summed E-state index contributed by atoms with van der Waals surface area (Å²) in [6.45, 7) is 4.87. The molecule has 0 radical (unpaired) electrons. The molecular weight excluding hydrogens is 362 g/mol. The van der Waals surface area contributed by atoms with Crippen molar-refractivity contribution in [2.45, 2.75) is 25.5 Å². The number of allylic oxidation sites excluding steroid dienone is 1. The van der Waals surface area contributed by atoms with E-state index in [0.29, 0.717) is 18.8 Å². The number of fused-ring (bicyclic) bond motifs is 2. The van der Waals surface area contributed by atoms with Gasteiger partial charge in [0.15, 0.2) is 11.8 Å². The van der Waals surface area contributed by atoms with Crippen molar-refractivity contribution in [1.82, 2.24) is 4.90 Å². The average molecular weight is 384 g/mol. The Morgan fingerprint density at radius 2 is 2.07 bits per heavy atom. The molecule has 7 heteroatoms. The second-order valence-electron chi connectivity index (χ2n) is 7.38. The maximum absolute atomic E-state index is 13.0. The fourth-order valence-electron chi connectivity index (χ4n) is 3.76. The second kappa shape index (κ2) is 6.96. The average Bonchev–Trinajstić information content (AvgIpc) is 3.29. The molecule has 6 nitrogen and oxygen atoms in total. The molecular formula is C20H22N3O3S+. The molecule has 3 aliphatic heterocycles. The Balaban J connectivity index is 1.63. The zero-order chi connectivity index (χ0) is 19.1. The first-order valence-corrected chi connectivity index (χ1v) is 10.1. The molecule has 1 aromatic carbocycles. The van der Waals surface area contributed by atoms with E-state index in [0.717, 1.165) is 17.7 Å². The van der Waals surface area contributed by atoms with Crippen LogP contribution in [0.5, 0.6) is 0 Å². The molecule has 1 atom stereocenters. The second-order valence-corrected chi connectivity index (χ2v) is 8.39. The molecule has 3 aliphatic rings. The Bertz CT molecular complexity index is 890. The number of thioether (sulfide) groups is 1. The van der Waals surface area contributed by atoms with Crippen LogP contribution in [0.25, 0.3) is 0 Å². The van der Waals surface area contributed by atoms with Gasteiger partial charge in [-0.1, -0.05) is 32.0 Å². The van der Waals surface area contributed by atoms with Gasteiger partial charge in [-0.25, -0.2) is 4.79 Å². The van der Waals surface area contributed by atoms with Crippen LogP contribution in [-0.4, -0.2) is 57.9 Å². The third-order valence-electron chi connectivity index (χ3n) is 5.02. The van der Waals surface area contributed by atoms with E-state index in [2.05, 4.69) is 0 Å². The maximum Gasteiger partial charge on any atom is 0.501 e. The molecule has 0 bridgehead atoms. The van der Waals surface area contributed by atoms with Crippen LogP contribution in [0.3, 0.4) is 0 Å². The largest absolute Gasteiger partial charge is 0.501 e. The number of rotatable bonds is 4. The molecule has 140 valence electrons. The fraction of sp³-hybridized carbons (Fsp3) is 0.400. The monoisotopic (exact) mass is 384 g/mol. The van der Waals surface area contributed by atoms with Crippen molar-refractivity contribution in [1.29, 1.82) is 0 Å². The number of urea groups is 1. The van der Waals surface area contributed by atoms with Crippen LogP contribution in [-0.2, 0) is 16.0 Å². The molecule has 4 amide bonds. The summed E-state index contributed by atoms with van der Waals surface area (Å²) in [4.78, 5) is 41.8. The zero-order valence-electron chi connectivity index (χ0n) is 15.4. The van der Waals surface area contributed by atoms with Crippen LogP contribution in [0, 0.1) is 5.92 Å². The fourth-order valence-corrected chi connectivity index (χ4v) is 4.73. The van der Waals surface area contributed by atoms with Crippen LogP contribution >= 0.6 is 11.8 Å². The first-order valence-electron chi connectivity index (χ1n) is 9.17. The summed E-state index contributed by atoms with van der Waals surface area (Å²) in [5.74, 6) is -0.139. The highest BCUT2D eigenvalue weighted by Gasteiger charge is 2.49. The van der Waals surface area contributed by atoms with Gasteiger partial charge in [0, 0.05) is 12.2 Å². The van der Waals surface area contributed by atoms with E-state index < -0.39 is 11.3 Å². The van der Waals surface area contributed by atoms with Gasteiger partial charge in [0.2, 0.25) is 0 Å². The van der Waals surface area contributed by atoms with E-state index in [4.69, 9.17) is 0 Å². The van der Waals surface area contributed by atoms with Crippen molar-refractivity contribution >= 4 is 41.0 Å². The molecule has 0 aromatic heterocycles. The minimum absolute atomic E-state index is 0.0498. The van der Waals surface area contributed by atoms with Gasteiger partial charge in [-0.05, 0) is 35.5 Å². The lowest BCUT2D eigenvalue weighted by atomic mass is 10.1. The molecule has 0 saturated heterocycles. The smallest absolute Gasteiger partial charge is 0.308 e. The van der Waals surface area contributed by atoms with Gasteiger partial charge < -0.3 is 4.90 Å². The Morgan fingerprint density at radius 1 is 1.30 bits per heavy atom. The minimum atomic E-state index is -0.430. The summed E-state index contributed by atoms with van der Waals surface area (Å²) >= 11 is 1.39. The molecule has 0 saturated carbocycles. The number of benzene rings is 1. The normalized spacial score (nSPS) is 21.4. The van der Waals surface area contributed by atoms with Crippen LogP contribution < -0.4 is 4.90 Å². The summed E-state index contributed by atoms with van der Waals surface area (Å²) in [5.41, 5.74) is 2.69. The van der Waals surface area contributed by atoms with Crippen LogP contribution in [0.15, 0.2) is 35.7 Å². The maximum atomic E-state index is 13.0. The van der Waals surface area contributed by atoms with Crippen LogP contribution in [0.2, 0.25) is 0 Å². The van der Waals surface area contributed by atoms with Gasteiger partial charge in [-0.3, -0.25) is 4.79 Å². The van der Waals surface area contributed by atoms with Gasteiger partial charge in [0.05, 0.1) is 6.54 Å². The van der Waals surface area contributed by atoms with Crippen molar-refractivity contribution in [3.05, 3.63) is 41.3 Å². The first-order chi connectivity index (χ1) is 13.0. The lowest BCUT2D eigenvalue weighted by Crippen LogP contribution is -2.57. The summed E-state index contributed by atoms with van der Waals surface area (Å²) in [6.07, 6.45) is 2.60. The summed E-state index contributed by atoms with van der Waals surface area (Å²) in [7, 11) is 0. The quantitative estimate of drug-likeness (QED) is 0.748. The number of imide groups is 1. The predicted molar refractivity (Wildman–Crippen MR) is 105 cm³/mol. The van der Waals surface area contributed by atoms with E-state index in [-0.39, 0.29) is 24.3 Å². The summed E-state index contributed by atoms with van der Waals surface area (Å²) in [5, 5.41) is 1.40. The van der Waals surface area contributed by atoms with Crippen LogP contribution in [0.1, 0.15) is 19.4 Å². The lowest BCUT2D eigenvalue weighted by Gasteiger charge is -2.26. The Labute approximate surface area is 162 Å². The number of hydrogen-bond acceptors (Lipinski definition) is 4. The van der Waals surface area contributed by atoms with Crippen molar-refractivity contribution in [2.75, 3.05) is 24.5 Å². The Kier molecular flexibility index (Phi) is 4.63. The number of hydrogen-bond donors (Lipinski definition) is 0. The van der Waals surface area contributed by atoms with Gasteiger partial charge in [0.1, 0.15) is 5.71 Å². The molecule has 27 heavy (non-hydrogen) atoms. The number of carbonyl (C=O) groups is 3. The summed E-state index contributed by atoms with van der Waals surface area (Å²) < 4.78 is 1.48. The van der Waals surface area contributed by atoms with Crippen molar-refractivity contribution < 1.29 is 19.0 Å². The van der Waals surface area contributed by atoms with Crippen LogP contribution in [0.4, 0.5) is 10.5 Å². The molecule has 0 spiro atoms. The zero-order valence-corrected chi connectivity index (χ0v) is 16.2. The number of anilines is 1. The predicted octanol–water partition coefficient (Wildman–Crippen LogP) is 2.28. The molecule has 0 fully saturated rings. The number of para-hydroxylation sites is 1. The number of nitrogens with zero attached hydrogens (tertiary/aromatic N) is 3. The van der Waals surface area contributed by atoms with Crippen molar-refractivity contribution in [2.24, 2.45) is 5.92 Å². The molecule has 1 aromatic rings. The van der Waals surface area contributed by atoms with Gasteiger partial charge in [-0.2, -0.15) is 14.3 Å². The number of amides is 4. The van der Waals surface area contributed by atoms with E-state index in [1.54, 1.807) is 11.0 Å². The third-order valence-corrected chi connectivity index (χ3v) is 6.02. The molecule has 3 heterocycles. The molecule has 0 aliphatic carbocycles. The molecule has 0 N–H and O–H groups in total. The minimum Gasteiger partial charge on any atom is -0.308 e. The molecule has 4 rings (SSSR count). The van der Waals surface area contributed by atoms with E-state index >= 15 is 0 Å². The summed E-state index contributed by atoms with van der Waals surface area (Å²) in [6, 6.07) is 7.46. The topological polar surface area (TPSA) is 60.7 Å². The van der Waals surface area contributed by atoms with E-state index in [1.807, 2.05) is 43.5 Å². The van der Waals surface area contributed by atoms with Crippen molar-refractivity contribution in [3.63, 3.8) is 0 Å².